The maximum atomic E-state index is 5.69. The zero-order valence-corrected chi connectivity index (χ0v) is 10.5. The molecule has 0 bridgehead atoms. The number of hydrogen-bond donors (Lipinski definition) is 0. The van der Waals surface area contributed by atoms with Crippen molar-refractivity contribution in [3.63, 3.8) is 0 Å². The molecule has 1 nitrogen and oxygen atoms in total. The molecule has 0 saturated heterocycles. The van der Waals surface area contributed by atoms with Gasteiger partial charge in [-0.2, -0.15) is 0 Å². The van der Waals surface area contributed by atoms with Crippen LogP contribution in [0, 0.1) is 17.8 Å². The number of hydrogen-bond acceptors (Lipinski definition) is 1. The van der Waals surface area contributed by atoms with E-state index in [9.17, 15) is 0 Å². The fourth-order valence-electron chi connectivity index (χ4n) is 3.36. The first-order chi connectivity index (χ1) is 6.45. The van der Waals surface area contributed by atoms with Gasteiger partial charge in [-0.25, -0.2) is 0 Å². The fraction of sp³-hybridized carbons (Fsp3) is 1.00. The summed E-state index contributed by atoms with van der Waals surface area (Å²) in [6.45, 7) is 9.39. The van der Waals surface area contributed by atoms with Gasteiger partial charge in [-0.1, -0.05) is 20.8 Å². The molecule has 1 rings (SSSR count). The minimum Gasteiger partial charge on any atom is -0.379 e. The summed E-state index contributed by atoms with van der Waals surface area (Å²) in [4.78, 5) is 0. The van der Waals surface area contributed by atoms with Crippen LogP contribution >= 0.6 is 0 Å². The van der Waals surface area contributed by atoms with Crippen LogP contribution in [-0.2, 0) is 4.74 Å². The summed E-state index contributed by atoms with van der Waals surface area (Å²) in [5, 5.41) is 0. The molecule has 1 saturated carbocycles. The smallest absolute Gasteiger partial charge is 0.0655 e. The summed E-state index contributed by atoms with van der Waals surface area (Å²) in [5.41, 5.74) is 0.124. The lowest BCUT2D eigenvalue weighted by atomic mass is 9.75. The third-order valence-electron chi connectivity index (χ3n) is 3.66. The van der Waals surface area contributed by atoms with Crippen molar-refractivity contribution in [2.75, 3.05) is 7.11 Å². The average molecular weight is 198 g/mol. The Morgan fingerprint density at radius 3 is 1.71 bits per heavy atom. The molecule has 0 aromatic heterocycles. The highest BCUT2D eigenvalue weighted by molar-refractivity contribution is 4.83. The van der Waals surface area contributed by atoms with Crippen LogP contribution in [0.3, 0.4) is 0 Å². The lowest BCUT2D eigenvalue weighted by Gasteiger charge is -2.37. The number of methoxy groups -OCH3 is 1. The molecule has 1 fully saturated rings. The monoisotopic (exact) mass is 198 g/mol. The highest BCUT2D eigenvalue weighted by Gasteiger charge is 2.31. The maximum absolute atomic E-state index is 5.69. The number of rotatable bonds is 1. The van der Waals surface area contributed by atoms with Gasteiger partial charge in [0.25, 0.3) is 0 Å². The second-order valence-corrected chi connectivity index (χ2v) is 5.85. The average Bonchev–Trinajstić information content (AvgIpc) is 2.00. The Bertz CT molecular complexity index is 162. The largest absolute Gasteiger partial charge is 0.379 e. The molecule has 1 heteroatoms. The predicted molar refractivity (Wildman–Crippen MR) is 61.4 cm³/mol. The lowest BCUT2D eigenvalue weighted by Crippen LogP contribution is -2.34. The summed E-state index contributed by atoms with van der Waals surface area (Å²) >= 11 is 0. The molecule has 0 spiro atoms. The Kier molecular flexibility index (Phi) is 4.00. The SMILES string of the molecule is COC1(C)CC(C)CC(C)CC(C)C1. The van der Waals surface area contributed by atoms with Crippen molar-refractivity contribution in [2.45, 2.75) is 59.0 Å². The van der Waals surface area contributed by atoms with Gasteiger partial charge in [0.1, 0.15) is 0 Å². The molecule has 0 aromatic carbocycles. The zero-order chi connectivity index (χ0) is 10.8. The molecule has 0 radical (unpaired) electrons. The van der Waals surface area contributed by atoms with Crippen LogP contribution in [0.25, 0.3) is 0 Å². The van der Waals surface area contributed by atoms with Gasteiger partial charge >= 0.3 is 0 Å². The Morgan fingerprint density at radius 1 is 0.929 bits per heavy atom. The third-order valence-corrected chi connectivity index (χ3v) is 3.66. The van der Waals surface area contributed by atoms with E-state index in [4.69, 9.17) is 4.74 Å². The van der Waals surface area contributed by atoms with E-state index in [1.54, 1.807) is 0 Å². The molecule has 0 aromatic rings. The summed E-state index contributed by atoms with van der Waals surface area (Å²) in [5.74, 6) is 2.51. The van der Waals surface area contributed by atoms with Crippen molar-refractivity contribution in [1.29, 1.82) is 0 Å². The summed E-state index contributed by atoms with van der Waals surface area (Å²) < 4.78 is 5.69. The first-order valence-corrected chi connectivity index (χ1v) is 6.00. The maximum Gasteiger partial charge on any atom is 0.0655 e. The van der Waals surface area contributed by atoms with E-state index in [0.29, 0.717) is 0 Å². The number of ether oxygens (including phenoxy) is 1. The van der Waals surface area contributed by atoms with Crippen LogP contribution in [0.5, 0.6) is 0 Å². The van der Waals surface area contributed by atoms with Gasteiger partial charge in [-0.15, -0.1) is 0 Å². The van der Waals surface area contributed by atoms with Crippen molar-refractivity contribution >= 4 is 0 Å². The van der Waals surface area contributed by atoms with Crippen LogP contribution in [0.2, 0.25) is 0 Å². The zero-order valence-electron chi connectivity index (χ0n) is 10.5. The molecule has 84 valence electrons. The van der Waals surface area contributed by atoms with Gasteiger partial charge in [-0.05, 0) is 50.4 Å². The molecular weight excluding hydrogens is 172 g/mol. The molecule has 0 N–H and O–H groups in total. The standard InChI is InChI=1S/C13H26O/c1-10-6-11(2)8-13(4,14-5)9-12(3)7-10/h10-12H,6-9H2,1-5H3. The van der Waals surface area contributed by atoms with Crippen LogP contribution < -0.4 is 0 Å². The van der Waals surface area contributed by atoms with Gasteiger partial charge in [0, 0.05) is 7.11 Å². The van der Waals surface area contributed by atoms with Crippen molar-refractivity contribution in [1.82, 2.24) is 0 Å². The highest BCUT2D eigenvalue weighted by atomic mass is 16.5. The molecule has 0 aliphatic heterocycles. The summed E-state index contributed by atoms with van der Waals surface area (Å²) in [7, 11) is 1.87. The van der Waals surface area contributed by atoms with Gasteiger partial charge < -0.3 is 4.74 Å². The first-order valence-electron chi connectivity index (χ1n) is 6.00. The highest BCUT2D eigenvalue weighted by Crippen LogP contribution is 2.36. The van der Waals surface area contributed by atoms with E-state index in [0.717, 1.165) is 17.8 Å². The molecule has 2 unspecified atom stereocenters. The Labute approximate surface area is 89.2 Å². The van der Waals surface area contributed by atoms with Gasteiger partial charge in [0.2, 0.25) is 0 Å². The minimum absolute atomic E-state index is 0.124. The van der Waals surface area contributed by atoms with Crippen molar-refractivity contribution in [2.24, 2.45) is 17.8 Å². The molecule has 0 heterocycles. The molecule has 1 aliphatic rings. The summed E-state index contributed by atoms with van der Waals surface area (Å²) in [6.07, 6.45) is 5.17. The molecular formula is C13H26O. The Hall–Kier alpha value is -0.0400. The topological polar surface area (TPSA) is 9.23 Å². The fourth-order valence-corrected chi connectivity index (χ4v) is 3.36. The molecule has 0 amide bonds. The quantitative estimate of drug-likeness (QED) is 0.621. The van der Waals surface area contributed by atoms with E-state index in [1.165, 1.54) is 25.7 Å². The van der Waals surface area contributed by atoms with Crippen molar-refractivity contribution in [3.8, 4) is 0 Å². The minimum atomic E-state index is 0.124. The summed E-state index contributed by atoms with van der Waals surface area (Å²) in [6, 6.07) is 0. The third kappa shape index (κ3) is 3.27. The van der Waals surface area contributed by atoms with E-state index >= 15 is 0 Å². The molecule has 2 atom stereocenters. The van der Waals surface area contributed by atoms with Gasteiger partial charge in [0.15, 0.2) is 0 Å². The first kappa shape index (κ1) is 12.0. The second-order valence-electron chi connectivity index (χ2n) is 5.85. The predicted octanol–water partition coefficient (Wildman–Crippen LogP) is 3.87. The second kappa shape index (κ2) is 4.65. The van der Waals surface area contributed by atoms with E-state index < -0.39 is 0 Å². The Morgan fingerprint density at radius 2 is 1.36 bits per heavy atom. The van der Waals surface area contributed by atoms with Crippen LogP contribution in [0.15, 0.2) is 0 Å². The van der Waals surface area contributed by atoms with Crippen LogP contribution in [-0.4, -0.2) is 12.7 Å². The van der Waals surface area contributed by atoms with E-state index in [-0.39, 0.29) is 5.60 Å². The molecule has 14 heavy (non-hydrogen) atoms. The van der Waals surface area contributed by atoms with Gasteiger partial charge in [0.05, 0.1) is 5.60 Å². The van der Waals surface area contributed by atoms with Crippen molar-refractivity contribution < 1.29 is 4.74 Å². The van der Waals surface area contributed by atoms with Gasteiger partial charge in [-0.3, -0.25) is 0 Å². The van der Waals surface area contributed by atoms with E-state index in [1.807, 2.05) is 7.11 Å². The molecule has 1 aliphatic carbocycles. The van der Waals surface area contributed by atoms with E-state index in [2.05, 4.69) is 27.7 Å². The normalized spacial score (nSPS) is 45.6. The Balaban J connectivity index is 2.65. The van der Waals surface area contributed by atoms with Crippen molar-refractivity contribution in [3.05, 3.63) is 0 Å². The van der Waals surface area contributed by atoms with Crippen LogP contribution in [0.4, 0.5) is 0 Å². The lowest BCUT2D eigenvalue weighted by molar-refractivity contribution is -0.0401. The van der Waals surface area contributed by atoms with Crippen LogP contribution in [0.1, 0.15) is 53.4 Å².